The fourth-order valence-electron chi connectivity index (χ4n) is 3.56. The summed E-state index contributed by atoms with van der Waals surface area (Å²) < 4.78 is 16.2. The van der Waals surface area contributed by atoms with E-state index in [-0.39, 0.29) is 18.0 Å². The first kappa shape index (κ1) is 21.2. The summed E-state index contributed by atoms with van der Waals surface area (Å²) in [4.78, 5) is 27.2. The molecule has 1 heterocycles. The van der Waals surface area contributed by atoms with Crippen molar-refractivity contribution in [2.45, 2.75) is 52.1 Å². The molecule has 7 heteroatoms. The van der Waals surface area contributed by atoms with Gasteiger partial charge in [-0.2, -0.15) is 0 Å². The lowest BCUT2D eigenvalue weighted by molar-refractivity contribution is 0.0378. The molecule has 1 aliphatic rings. The lowest BCUT2D eigenvalue weighted by Crippen LogP contribution is -2.18. The smallest absolute Gasteiger partial charge is 0.341 e. The molecular formula is C22H27NO5S. The maximum atomic E-state index is 13.1. The summed E-state index contributed by atoms with van der Waals surface area (Å²) in [7, 11) is 3.01. The summed E-state index contributed by atoms with van der Waals surface area (Å²) in [5, 5.41) is 3.46. The molecule has 0 aliphatic heterocycles. The molecule has 1 amide bonds. The fraction of sp³-hybridized carbons (Fsp3) is 0.455. The van der Waals surface area contributed by atoms with E-state index in [4.69, 9.17) is 14.2 Å². The number of amides is 1. The number of esters is 1. The number of nitrogens with one attached hydrogen (secondary N) is 1. The highest BCUT2D eigenvalue weighted by molar-refractivity contribution is 7.17. The predicted molar refractivity (Wildman–Crippen MR) is 114 cm³/mol. The standard InChI is InChI=1S/C22H27NO5S/c1-13(2)28-22(25)18-14-9-6-5-7-12-17(14)29-21(18)23-20(24)19-15(26-3)10-8-11-16(19)27-4/h8,10-11,13H,5-7,9,12H2,1-4H3,(H,23,24). The third kappa shape index (κ3) is 4.56. The maximum Gasteiger partial charge on any atom is 0.341 e. The Kier molecular flexibility index (Phi) is 6.79. The molecule has 0 atom stereocenters. The Bertz CT molecular complexity index is 881. The van der Waals surface area contributed by atoms with Crippen LogP contribution in [-0.2, 0) is 17.6 Å². The van der Waals surface area contributed by atoms with Crippen LogP contribution in [0.1, 0.15) is 64.3 Å². The molecule has 3 rings (SSSR count). The Morgan fingerprint density at radius 2 is 1.66 bits per heavy atom. The normalized spacial score (nSPS) is 13.4. The molecule has 0 saturated heterocycles. The Labute approximate surface area is 175 Å². The van der Waals surface area contributed by atoms with Gasteiger partial charge >= 0.3 is 5.97 Å². The zero-order valence-corrected chi connectivity index (χ0v) is 18.1. The van der Waals surface area contributed by atoms with Crippen molar-refractivity contribution < 1.29 is 23.8 Å². The monoisotopic (exact) mass is 417 g/mol. The zero-order valence-electron chi connectivity index (χ0n) is 17.3. The van der Waals surface area contributed by atoms with Gasteiger partial charge < -0.3 is 19.5 Å². The second kappa shape index (κ2) is 9.31. The Balaban J connectivity index is 2.01. The third-order valence-corrected chi connectivity index (χ3v) is 6.06. The van der Waals surface area contributed by atoms with E-state index in [1.165, 1.54) is 25.6 Å². The molecule has 1 aromatic carbocycles. The number of anilines is 1. The quantitative estimate of drug-likeness (QED) is 0.537. The van der Waals surface area contributed by atoms with Crippen LogP contribution in [0.4, 0.5) is 5.00 Å². The minimum absolute atomic E-state index is 0.235. The molecule has 1 N–H and O–H groups in total. The van der Waals surface area contributed by atoms with Crippen molar-refractivity contribution >= 4 is 28.2 Å². The van der Waals surface area contributed by atoms with Crippen molar-refractivity contribution in [2.24, 2.45) is 0 Å². The summed E-state index contributed by atoms with van der Waals surface area (Å²) in [6, 6.07) is 5.16. The Morgan fingerprint density at radius 1 is 1.00 bits per heavy atom. The summed E-state index contributed by atoms with van der Waals surface area (Å²) >= 11 is 1.47. The van der Waals surface area contributed by atoms with E-state index in [9.17, 15) is 9.59 Å². The van der Waals surface area contributed by atoms with Crippen molar-refractivity contribution in [3.05, 3.63) is 39.8 Å². The molecule has 0 saturated carbocycles. The first-order valence-electron chi connectivity index (χ1n) is 9.84. The van der Waals surface area contributed by atoms with Crippen molar-refractivity contribution in [3.8, 4) is 11.5 Å². The number of rotatable bonds is 6. The Morgan fingerprint density at radius 3 is 2.28 bits per heavy atom. The lowest BCUT2D eigenvalue weighted by atomic mass is 10.1. The van der Waals surface area contributed by atoms with Gasteiger partial charge in [0.15, 0.2) is 0 Å². The summed E-state index contributed by atoms with van der Waals surface area (Å²) in [6.45, 7) is 3.64. The molecule has 0 bridgehead atoms. The van der Waals surface area contributed by atoms with Gasteiger partial charge in [0.25, 0.3) is 5.91 Å². The van der Waals surface area contributed by atoms with Gasteiger partial charge in [-0.15, -0.1) is 11.3 Å². The molecule has 0 radical (unpaired) electrons. The van der Waals surface area contributed by atoms with E-state index < -0.39 is 0 Å². The SMILES string of the molecule is COc1cccc(OC)c1C(=O)Nc1sc2c(c1C(=O)OC(C)C)CCCCC2. The molecule has 1 aliphatic carbocycles. The van der Waals surface area contributed by atoms with Gasteiger partial charge in [0.2, 0.25) is 0 Å². The molecule has 0 unspecified atom stereocenters. The van der Waals surface area contributed by atoms with Gasteiger partial charge in [-0.3, -0.25) is 4.79 Å². The molecular weight excluding hydrogens is 390 g/mol. The van der Waals surface area contributed by atoms with E-state index >= 15 is 0 Å². The molecule has 29 heavy (non-hydrogen) atoms. The van der Waals surface area contributed by atoms with Crippen LogP contribution in [0, 0.1) is 0 Å². The second-order valence-electron chi connectivity index (χ2n) is 7.21. The first-order valence-corrected chi connectivity index (χ1v) is 10.7. The summed E-state index contributed by atoms with van der Waals surface area (Å²) in [5.74, 6) is 0.0496. The van der Waals surface area contributed by atoms with Crippen LogP contribution in [0.5, 0.6) is 11.5 Å². The number of fused-ring (bicyclic) bond motifs is 1. The van der Waals surface area contributed by atoms with Crippen LogP contribution in [0.2, 0.25) is 0 Å². The number of ether oxygens (including phenoxy) is 3. The van der Waals surface area contributed by atoms with Gasteiger partial charge in [0.05, 0.1) is 25.9 Å². The van der Waals surface area contributed by atoms with Gasteiger partial charge in [-0.25, -0.2) is 4.79 Å². The number of hydrogen-bond donors (Lipinski definition) is 1. The lowest BCUT2D eigenvalue weighted by Gasteiger charge is -2.14. The van der Waals surface area contributed by atoms with E-state index in [0.717, 1.165) is 42.5 Å². The largest absolute Gasteiger partial charge is 0.496 e. The Hall–Kier alpha value is -2.54. The number of carbonyl (C=O) groups is 2. The van der Waals surface area contributed by atoms with Crippen molar-refractivity contribution in [1.82, 2.24) is 0 Å². The van der Waals surface area contributed by atoms with Crippen LogP contribution in [0.3, 0.4) is 0 Å². The van der Waals surface area contributed by atoms with Crippen LogP contribution in [0.15, 0.2) is 18.2 Å². The van der Waals surface area contributed by atoms with Crippen molar-refractivity contribution in [1.29, 1.82) is 0 Å². The molecule has 0 fully saturated rings. The van der Waals surface area contributed by atoms with Crippen LogP contribution in [0.25, 0.3) is 0 Å². The van der Waals surface area contributed by atoms with Gasteiger partial charge in [0.1, 0.15) is 22.1 Å². The highest BCUT2D eigenvalue weighted by Crippen LogP contribution is 2.39. The molecule has 2 aromatic rings. The topological polar surface area (TPSA) is 73.9 Å². The number of hydrogen-bond acceptors (Lipinski definition) is 6. The van der Waals surface area contributed by atoms with Gasteiger partial charge in [-0.1, -0.05) is 12.5 Å². The second-order valence-corrected chi connectivity index (χ2v) is 8.32. The van der Waals surface area contributed by atoms with Gasteiger partial charge in [0, 0.05) is 4.88 Å². The number of methoxy groups -OCH3 is 2. The van der Waals surface area contributed by atoms with Crippen molar-refractivity contribution in [2.75, 3.05) is 19.5 Å². The minimum Gasteiger partial charge on any atom is -0.496 e. The minimum atomic E-state index is -0.387. The number of thiophene rings is 1. The van der Waals surface area contributed by atoms with E-state index in [2.05, 4.69) is 5.32 Å². The van der Waals surface area contributed by atoms with Crippen LogP contribution >= 0.6 is 11.3 Å². The first-order chi connectivity index (χ1) is 14.0. The molecule has 0 spiro atoms. The van der Waals surface area contributed by atoms with E-state index in [0.29, 0.717) is 27.6 Å². The summed E-state index contributed by atoms with van der Waals surface area (Å²) in [5.41, 5.74) is 1.80. The molecule has 156 valence electrons. The van der Waals surface area contributed by atoms with Crippen LogP contribution < -0.4 is 14.8 Å². The van der Waals surface area contributed by atoms with E-state index in [1.54, 1.807) is 18.2 Å². The van der Waals surface area contributed by atoms with Gasteiger partial charge in [-0.05, 0) is 57.2 Å². The number of carbonyl (C=O) groups excluding carboxylic acids is 2. The average Bonchev–Trinajstić information content (AvgIpc) is 2.87. The highest BCUT2D eigenvalue weighted by Gasteiger charge is 2.28. The highest BCUT2D eigenvalue weighted by atomic mass is 32.1. The summed E-state index contributed by atoms with van der Waals surface area (Å²) in [6.07, 6.45) is 4.75. The maximum absolute atomic E-state index is 13.1. The number of benzene rings is 1. The van der Waals surface area contributed by atoms with E-state index in [1.807, 2.05) is 13.8 Å². The third-order valence-electron chi connectivity index (χ3n) is 4.85. The fourth-order valence-corrected chi connectivity index (χ4v) is 4.83. The molecule has 6 nitrogen and oxygen atoms in total. The average molecular weight is 418 g/mol. The van der Waals surface area contributed by atoms with Crippen molar-refractivity contribution in [3.63, 3.8) is 0 Å². The molecule has 1 aromatic heterocycles. The zero-order chi connectivity index (χ0) is 21.0. The predicted octanol–water partition coefficient (Wildman–Crippen LogP) is 4.85. The van der Waals surface area contributed by atoms with Crippen LogP contribution in [-0.4, -0.2) is 32.2 Å². The number of aryl methyl sites for hydroxylation is 1.